The summed E-state index contributed by atoms with van der Waals surface area (Å²) in [6.07, 6.45) is 3.00. The van der Waals surface area contributed by atoms with Gasteiger partial charge in [-0.25, -0.2) is 4.79 Å². The summed E-state index contributed by atoms with van der Waals surface area (Å²) in [5.41, 5.74) is -8.11. The standard InChI is InChI=1S/C34H44O12/c1-18-22(16-43-19(2)35)14-27(46-29(18)39)31(6,40)33(41)15-28(45-21(4)37)34(42)25-11-10-23-8-7-9-26(38)30(23,5)24(25)12-13-32(33,34)17-44-20(3)36/h7,9-10,24-25,27-28,40-42H,8,11-17H2,1-6H3/t24-,25+,27+,28-,30-,31-,32-,33+,34-/m0/s1. The molecular formula is C34H44O12. The van der Waals surface area contributed by atoms with Gasteiger partial charge in [0, 0.05) is 39.2 Å². The third-order valence-corrected chi connectivity index (χ3v) is 11.9. The fourth-order valence-corrected chi connectivity index (χ4v) is 9.30. The molecule has 2 saturated carbocycles. The van der Waals surface area contributed by atoms with Crippen molar-refractivity contribution in [2.75, 3.05) is 13.2 Å². The van der Waals surface area contributed by atoms with Crippen LogP contribution in [-0.4, -0.2) is 87.2 Å². The zero-order valence-corrected chi connectivity index (χ0v) is 27.2. The Balaban J connectivity index is 1.66. The predicted molar refractivity (Wildman–Crippen MR) is 159 cm³/mol. The smallest absolute Gasteiger partial charge is 0.334 e. The molecule has 9 atom stereocenters. The fraction of sp³-hybridized carbons (Fsp3) is 0.676. The van der Waals surface area contributed by atoms with Crippen LogP contribution in [-0.2, 0) is 42.9 Å². The van der Waals surface area contributed by atoms with Crippen molar-refractivity contribution in [1.82, 2.24) is 0 Å². The van der Waals surface area contributed by atoms with Crippen LogP contribution >= 0.6 is 0 Å². The maximum atomic E-state index is 13.5. The first-order chi connectivity index (χ1) is 21.4. The van der Waals surface area contributed by atoms with Gasteiger partial charge in [0.2, 0.25) is 0 Å². The largest absolute Gasteiger partial charge is 0.465 e. The van der Waals surface area contributed by atoms with Crippen LogP contribution in [0.2, 0.25) is 0 Å². The zero-order valence-electron chi connectivity index (χ0n) is 27.2. The van der Waals surface area contributed by atoms with Crippen LogP contribution in [0, 0.1) is 22.7 Å². The first-order valence-electron chi connectivity index (χ1n) is 15.8. The summed E-state index contributed by atoms with van der Waals surface area (Å²) in [4.78, 5) is 62.9. The molecule has 3 N–H and O–H groups in total. The molecule has 12 heteroatoms. The lowest BCUT2D eigenvalue weighted by molar-refractivity contribution is -0.299. The maximum absolute atomic E-state index is 13.5. The van der Waals surface area contributed by atoms with Crippen molar-refractivity contribution >= 4 is 29.7 Å². The van der Waals surface area contributed by atoms with Crippen LogP contribution < -0.4 is 0 Å². The lowest BCUT2D eigenvalue weighted by Gasteiger charge is -2.63. The van der Waals surface area contributed by atoms with Crippen molar-refractivity contribution in [1.29, 1.82) is 0 Å². The van der Waals surface area contributed by atoms with Gasteiger partial charge in [-0.05, 0) is 69.9 Å². The van der Waals surface area contributed by atoms with Gasteiger partial charge in [-0.3, -0.25) is 19.2 Å². The Morgan fingerprint density at radius 3 is 2.37 bits per heavy atom. The number of hydrogen-bond donors (Lipinski definition) is 3. The van der Waals surface area contributed by atoms with Gasteiger partial charge < -0.3 is 34.3 Å². The number of hydrogen-bond acceptors (Lipinski definition) is 12. The molecule has 252 valence electrons. The van der Waals surface area contributed by atoms with E-state index in [-0.39, 0.29) is 37.2 Å². The van der Waals surface area contributed by atoms with E-state index in [0.717, 1.165) is 5.57 Å². The van der Waals surface area contributed by atoms with Crippen molar-refractivity contribution in [3.05, 3.63) is 34.9 Å². The second kappa shape index (κ2) is 11.4. The molecule has 0 unspecified atom stereocenters. The van der Waals surface area contributed by atoms with E-state index >= 15 is 0 Å². The highest BCUT2D eigenvalue weighted by molar-refractivity contribution is 5.98. The minimum absolute atomic E-state index is 0.0297. The van der Waals surface area contributed by atoms with Crippen molar-refractivity contribution in [2.24, 2.45) is 22.7 Å². The van der Waals surface area contributed by atoms with E-state index in [1.54, 1.807) is 6.08 Å². The number of esters is 4. The Hall–Kier alpha value is -3.35. The maximum Gasteiger partial charge on any atom is 0.334 e. The van der Waals surface area contributed by atoms with Crippen molar-refractivity contribution in [3.8, 4) is 0 Å². The SMILES string of the molecule is CC(=O)OCC1=C(C)C(=O)O[C@@H]([C@](C)(O)[C@]2(O)C[C@H](OC(C)=O)[C@@]3(O)[C@@H]4CC=C5CC=CC(=O)[C@]5(C)[C@H]4CC[C@@]32COC(C)=O)C1. The number of ketones is 1. The van der Waals surface area contributed by atoms with Crippen LogP contribution in [0.1, 0.15) is 80.1 Å². The van der Waals surface area contributed by atoms with E-state index < -0.39 is 88.6 Å². The molecule has 2 fully saturated rings. The summed E-state index contributed by atoms with van der Waals surface area (Å²) in [6.45, 7) is 7.41. The summed E-state index contributed by atoms with van der Waals surface area (Å²) in [6, 6.07) is 0. The van der Waals surface area contributed by atoms with E-state index in [2.05, 4.69) is 0 Å². The molecular weight excluding hydrogens is 600 g/mol. The summed E-state index contributed by atoms with van der Waals surface area (Å²) in [7, 11) is 0. The predicted octanol–water partition coefficient (Wildman–Crippen LogP) is 2.17. The number of carbonyl (C=O) groups excluding carboxylic acids is 5. The molecule has 4 aliphatic carbocycles. The summed E-state index contributed by atoms with van der Waals surface area (Å²) >= 11 is 0. The van der Waals surface area contributed by atoms with Crippen LogP contribution in [0.5, 0.6) is 0 Å². The van der Waals surface area contributed by atoms with Crippen molar-refractivity contribution in [3.63, 3.8) is 0 Å². The average Bonchev–Trinajstić information content (AvgIpc) is 3.17. The first kappa shape index (κ1) is 34.0. The van der Waals surface area contributed by atoms with Gasteiger partial charge in [0.1, 0.15) is 42.2 Å². The Morgan fingerprint density at radius 2 is 1.74 bits per heavy atom. The van der Waals surface area contributed by atoms with Gasteiger partial charge in [0.25, 0.3) is 0 Å². The molecule has 46 heavy (non-hydrogen) atoms. The number of carbonyl (C=O) groups is 5. The minimum Gasteiger partial charge on any atom is -0.465 e. The molecule has 0 spiro atoms. The van der Waals surface area contributed by atoms with E-state index in [9.17, 15) is 39.3 Å². The number of cyclic esters (lactones) is 1. The molecule has 0 aromatic carbocycles. The second-order valence-corrected chi connectivity index (χ2v) is 14.0. The van der Waals surface area contributed by atoms with Crippen molar-refractivity contribution < 1.29 is 58.2 Å². The Bertz CT molecular complexity index is 1460. The molecule has 5 rings (SSSR count). The lowest BCUT2D eigenvalue weighted by atomic mass is 9.44. The average molecular weight is 645 g/mol. The van der Waals surface area contributed by atoms with Crippen LogP contribution in [0.25, 0.3) is 0 Å². The fourth-order valence-electron chi connectivity index (χ4n) is 9.30. The Morgan fingerprint density at radius 1 is 1.07 bits per heavy atom. The van der Waals surface area contributed by atoms with Crippen LogP contribution in [0.15, 0.2) is 34.9 Å². The van der Waals surface area contributed by atoms with Crippen LogP contribution in [0.4, 0.5) is 0 Å². The lowest BCUT2D eigenvalue weighted by Crippen LogP contribution is -2.75. The van der Waals surface area contributed by atoms with Gasteiger partial charge in [0.05, 0.1) is 10.8 Å². The number of allylic oxidation sites excluding steroid dienone is 4. The van der Waals surface area contributed by atoms with Gasteiger partial charge in [-0.1, -0.05) is 17.7 Å². The number of aliphatic hydroxyl groups is 3. The third-order valence-electron chi connectivity index (χ3n) is 11.9. The number of fused-ring (bicyclic) bond motifs is 5. The highest BCUT2D eigenvalue weighted by atomic mass is 16.6. The topological polar surface area (TPSA) is 183 Å². The molecule has 0 aromatic heterocycles. The van der Waals surface area contributed by atoms with Gasteiger partial charge >= 0.3 is 23.9 Å². The van der Waals surface area contributed by atoms with E-state index in [4.69, 9.17) is 18.9 Å². The highest BCUT2D eigenvalue weighted by Gasteiger charge is 2.82. The van der Waals surface area contributed by atoms with Gasteiger partial charge in [-0.2, -0.15) is 0 Å². The second-order valence-electron chi connectivity index (χ2n) is 14.0. The molecule has 0 amide bonds. The van der Waals surface area contributed by atoms with E-state index in [1.165, 1.54) is 34.6 Å². The van der Waals surface area contributed by atoms with Gasteiger partial charge in [0.15, 0.2) is 5.78 Å². The van der Waals surface area contributed by atoms with Crippen LogP contribution in [0.3, 0.4) is 0 Å². The molecule has 1 heterocycles. The number of ether oxygens (including phenoxy) is 4. The molecule has 0 aromatic rings. The first-order valence-corrected chi connectivity index (χ1v) is 15.8. The minimum atomic E-state index is -2.38. The van der Waals surface area contributed by atoms with Crippen molar-refractivity contribution in [2.45, 2.75) is 109 Å². The molecule has 1 aliphatic heterocycles. The summed E-state index contributed by atoms with van der Waals surface area (Å²) in [5.74, 6) is -4.11. The third kappa shape index (κ3) is 4.70. The normalized spacial score (nSPS) is 39.6. The molecule has 0 saturated heterocycles. The zero-order chi connectivity index (χ0) is 34.0. The summed E-state index contributed by atoms with van der Waals surface area (Å²) in [5, 5.41) is 38.7. The Labute approximate surface area is 267 Å². The monoisotopic (exact) mass is 644 g/mol. The molecule has 5 aliphatic rings. The number of rotatable bonds is 7. The molecule has 0 radical (unpaired) electrons. The van der Waals surface area contributed by atoms with Gasteiger partial charge in [-0.15, -0.1) is 0 Å². The van der Waals surface area contributed by atoms with E-state index in [1.807, 2.05) is 19.1 Å². The summed E-state index contributed by atoms with van der Waals surface area (Å²) < 4.78 is 22.1. The molecule has 0 bridgehead atoms. The van der Waals surface area contributed by atoms with E-state index in [0.29, 0.717) is 18.4 Å². The highest BCUT2D eigenvalue weighted by Crippen LogP contribution is 2.71. The quantitative estimate of drug-likeness (QED) is 0.209. The Kier molecular flexibility index (Phi) is 8.44. The molecule has 12 nitrogen and oxygen atoms in total.